The molecule has 1 N–H and O–H groups in total. The largest absolute Gasteiger partial charge is 0.394 e. The van der Waals surface area contributed by atoms with Gasteiger partial charge in [-0.25, -0.2) is 0 Å². The average molecular weight is 290 g/mol. The smallest absolute Gasteiger partial charge is 0.182 e. The summed E-state index contributed by atoms with van der Waals surface area (Å²) in [6.45, 7) is 6.47. The Morgan fingerprint density at radius 3 is 2.00 bits per heavy atom. The summed E-state index contributed by atoms with van der Waals surface area (Å²) in [5.41, 5.74) is -0.0534. The van der Waals surface area contributed by atoms with E-state index >= 15 is 0 Å². The Morgan fingerprint density at radius 2 is 1.73 bits per heavy atom. The first-order valence-electron chi connectivity index (χ1n) is 3.44. The highest BCUT2D eigenvalue weighted by Gasteiger charge is 2.37. The quantitative estimate of drug-likeness (QED) is 0.809. The molecule has 0 radical (unpaired) electrons. The van der Waals surface area contributed by atoms with Crippen LogP contribution in [-0.2, 0) is 4.74 Å². The molecule has 0 saturated carbocycles. The van der Waals surface area contributed by atoms with Crippen LogP contribution in [0.2, 0.25) is 0 Å². The molecule has 0 aliphatic rings. The SMILES string of the molecule is CC(C)(C)C(Br)(Br)OCCO. The van der Waals surface area contributed by atoms with Gasteiger partial charge in [0.2, 0.25) is 0 Å². The third-order valence-corrected chi connectivity index (χ3v) is 4.08. The van der Waals surface area contributed by atoms with Crippen molar-refractivity contribution in [1.29, 1.82) is 0 Å². The van der Waals surface area contributed by atoms with Gasteiger partial charge in [0.05, 0.1) is 13.2 Å². The van der Waals surface area contributed by atoms with E-state index in [2.05, 4.69) is 31.9 Å². The van der Waals surface area contributed by atoms with Crippen LogP contribution in [-0.4, -0.2) is 21.7 Å². The van der Waals surface area contributed by atoms with E-state index in [4.69, 9.17) is 9.84 Å². The van der Waals surface area contributed by atoms with Crippen LogP contribution in [0.4, 0.5) is 0 Å². The van der Waals surface area contributed by atoms with Gasteiger partial charge in [-0.05, 0) is 31.9 Å². The number of halogens is 2. The lowest BCUT2D eigenvalue weighted by Crippen LogP contribution is -2.34. The first kappa shape index (κ1) is 11.9. The predicted octanol–water partition coefficient (Wildman–Crippen LogP) is 2.49. The van der Waals surface area contributed by atoms with Crippen LogP contribution in [0.5, 0.6) is 0 Å². The molecule has 68 valence electrons. The van der Waals surface area contributed by atoms with Gasteiger partial charge in [-0.1, -0.05) is 20.8 Å². The van der Waals surface area contributed by atoms with Crippen molar-refractivity contribution in [3.8, 4) is 0 Å². The molecule has 0 bridgehead atoms. The summed E-state index contributed by atoms with van der Waals surface area (Å²) in [7, 11) is 0. The van der Waals surface area contributed by atoms with E-state index in [9.17, 15) is 0 Å². The van der Waals surface area contributed by atoms with Gasteiger partial charge in [0.25, 0.3) is 0 Å². The van der Waals surface area contributed by atoms with Gasteiger partial charge in [0.15, 0.2) is 3.42 Å². The molecule has 0 atom stereocenters. The molecule has 0 amide bonds. The van der Waals surface area contributed by atoms with Gasteiger partial charge < -0.3 is 9.84 Å². The summed E-state index contributed by atoms with van der Waals surface area (Å²) in [6.07, 6.45) is 0. The fourth-order valence-corrected chi connectivity index (χ4v) is 0.714. The average Bonchev–Trinajstić information content (AvgIpc) is 1.81. The number of hydrogen-bond donors (Lipinski definition) is 1. The van der Waals surface area contributed by atoms with Gasteiger partial charge in [-0.3, -0.25) is 0 Å². The molecule has 0 aliphatic heterocycles. The lowest BCUT2D eigenvalue weighted by molar-refractivity contribution is 0.0101. The third kappa shape index (κ3) is 3.87. The molecule has 0 spiro atoms. The minimum absolute atomic E-state index is 0.0367. The van der Waals surface area contributed by atoms with Crippen molar-refractivity contribution in [2.75, 3.05) is 13.2 Å². The van der Waals surface area contributed by atoms with Gasteiger partial charge in [-0.2, -0.15) is 0 Å². The Hall–Kier alpha value is 0.880. The van der Waals surface area contributed by atoms with E-state index in [1.807, 2.05) is 20.8 Å². The van der Waals surface area contributed by atoms with E-state index in [0.29, 0.717) is 6.61 Å². The lowest BCUT2D eigenvalue weighted by atomic mass is 9.98. The molecule has 0 saturated heterocycles. The molecule has 0 heterocycles. The topological polar surface area (TPSA) is 29.5 Å². The van der Waals surface area contributed by atoms with E-state index in [1.165, 1.54) is 0 Å². The van der Waals surface area contributed by atoms with Crippen molar-refractivity contribution in [1.82, 2.24) is 0 Å². The zero-order chi connectivity index (χ0) is 9.12. The molecule has 0 unspecified atom stereocenters. The van der Waals surface area contributed by atoms with Gasteiger partial charge >= 0.3 is 0 Å². The zero-order valence-electron chi connectivity index (χ0n) is 7.03. The maximum Gasteiger partial charge on any atom is 0.182 e. The predicted molar refractivity (Wildman–Crippen MR) is 53.1 cm³/mol. The first-order valence-corrected chi connectivity index (χ1v) is 5.02. The highest BCUT2D eigenvalue weighted by molar-refractivity contribution is 9.25. The van der Waals surface area contributed by atoms with E-state index in [0.717, 1.165) is 0 Å². The van der Waals surface area contributed by atoms with E-state index < -0.39 is 3.42 Å². The Kier molecular flexibility index (Phi) is 4.55. The first-order chi connectivity index (χ1) is 4.81. The van der Waals surface area contributed by atoms with Crippen LogP contribution in [0.3, 0.4) is 0 Å². The monoisotopic (exact) mass is 288 g/mol. The second-order valence-corrected chi connectivity index (χ2v) is 6.64. The standard InChI is InChI=1S/C7H14Br2O2/c1-6(2,3)7(8,9)11-5-4-10/h10H,4-5H2,1-3H3. The number of alkyl halides is 2. The van der Waals surface area contributed by atoms with Crippen LogP contribution >= 0.6 is 31.9 Å². The molecule has 0 aromatic rings. The number of aliphatic hydroxyl groups excluding tert-OH is 1. The number of hydrogen-bond acceptors (Lipinski definition) is 2. The zero-order valence-corrected chi connectivity index (χ0v) is 10.2. The minimum Gasteiger partial charge on any atom is -0.394 e. The number of rotatable bonds is 3. The van der Waals surface area contributed by atoms with Crippen molar-refractivity contribution >= 4 is 31.9 Å². The summed E-state index contributed by atoms with van der Waals surface area (Å²) < 4.78 is 4.78. The fraction of sp³-hybridized carbons (Fsp3) is 1.00. The number of aliphatic hydroxyl groups is 1. The van der Waals surface area contributed by atoms with Crippen molar-refractivity contribution < 1.29 is 9.84 Å². The highest BCUT2D eigenvalue weighted by Crippen LogP contribution is 2.44. The minimum atomic E-state index is -0.546. The molecule has 0 aromatic heterocycles. The Labute approximate surface area is 84.6 Å². The van der Waals surface area contributed by atoms with Gasteiger partial charge in [0, 0.05) is 5.41 Å². The Balaban J connectivity index is 4.00. The Morgan fingerprint density at radius 1 is 1.27 bits per heavy atom. The van der Waals surface area contributed by atoms with E-state index in [1.54, 1.807) is 0 Å². The molecule has 11 heavy (non-hydrogen) atoms. The van der Waals surface area contributed by atoms with E-state index in [-0.39, 0.29) is 12.0 Å². The molecule has 4 heteroatoms. The molecular formula is C7H14Br2O2. The van der Waals surface area contributed by atoms with Gasteiger partial charge in [0.1, 0.15) is 0 Å². The summed E-state index contributed by atoms with van der Waals surface area (Å²) in [6, 6.07) is 0. The summed E-state index contributed by atoms with van der Waals surface area (Å²) in [4.78, 5) is 0. The van der Waals surface area contributed by atoms with Crippen molar-refractivity contribution in [2.45, 2.75) is 24.2 Å². The molecular weight excluding hydrogens is 276 g/mol. The van der Waals surface area contributed by atoms with Crippen LogP contribution in [0.1, 0.15) is 20.8 Å². The van der Waals surface area contributed by atoms with Gasteiger partial charge in [-0.15, -0.1) is 0 Å². The molecule has 2 nitrogen and oxygen atoms in total. The van der Waals surface area contributed by atoms with Crippen molar-refractivity contribution in [3.63, 3.8) is 0 Å². The number of ether oxygens (including phenoxy) is 1. The fourth-order valence-electron chi connectivity index (χ4n) is 0.390. The third-order valence-electron chi connectivity index (χ3n) is 1.25. The second kappa shape index (κ2) is 4.21. The lowest BCUT2D eigenvalue weighted by Gasteiger charge is -2.34. The summed E-state index contributed by atoms with van der Waals surface area (Å²) in [5, 5.41) is 8.53. The second-order valence-electron chi connectivity index (χ2n) is 3.34. The van der Waals surface area contributed by atoms with Crippen LogP contribution < -0.4 is 0 Å². The summed E-state index contributed by atoms with van der Waals surface area (Å²) >= 11 is 6.77. The van der Waals surface area contributed by atoms with Crippen molar-refractivity contribution in [3.05, 3.63) is 0 Å². The highest BCUT2D eigenvalue weighted by atomic mass is 79.9. The molecule has 0 fully saturated rings. The molecule has 0 rings (SSSR count). The molecule has 0 aliphatic carbocycles. The maximum atomic E-state index is 8.53. The van der Waals surface area contributed by atoms with Crippen LogP contribution in [0.25, 0.3) is 0 Å². The maximum absolute atomic E-state index is 8.53. The normalized spacial score (nSPS) is 13.6. The van der Waals surface area contributed by atoms with Crippen LogP contribution in [0, 0.1) is 5.41 Å². The van der Waals surface area contributed by atoms with Crippen LogP contribution in [0.15, 0.2) is 0 Å². The molecule has 0 aromatic carbocycles. The Bertz CT molecular complexity index is 118. The summed E-state index contributed by atoms with van der Waals surface area (Å²) in [5.74, 6) is 0. The van der Waals surface area contributed by atoms with Crippen molar-refractivity contribution in [2.24, 2.45) is 5.41 Å².